The fourth-order valence-corrected chi connectivity index (χ4v) is 3.72. The standard InChI is InChI=1S/C14H9N3OS2.C4H10N2.C2H6O/c1-15-14-17-12(8-20-14)11-7-19-13(16-11)10-4-2-9(6-18)3-5-10;1-2-5-4-6-3-1;1-3-2/h2-8H,1H2;5-6H,1-4H2;1-2H3. The molecule has 1 saturated heterocycles. The number of hydrogen-bond acceptors (Lipinski definition) is 9. The van der Waals surface area contributed by atoms with E-state index in [1.54, 1.807) is 37.7 Å². The summed E-state index contributed by atoms with van der Waals surface area (Å²) in [6.45, 7) is 6.83. The molecule has 1 aliphatic heterocycles. The van der Waals surface area contributed by atoms with Crippen LogP contribution in [-0.2, 0) is 4.74 Å². The number of ether oxygens (including phenoxy) is 1. The van der Waals surface area contributed by atoms with Gasteiger partial charge in [-0.1, -0.05) is 24.3 Å². The van der Waals surface area contributed by atoms with Crippen LogP contribution in [0.15, 0.2) is 40.0 Å². The van der Waals surface area contributed by atoms with Gasteiger partial charge in [0.05, 0.1) is 0 Å². The summed E-state index contributed by atoms with van der Waals surface area (Å²) in [5.41, 5.74) is 3.29. The summed E-state index contributed by atoms with van der Waals surface area (Å²) in [5, 5.41) is 11.8. The van der Waals surface area contributed by atoms with Gasteiger partial charge in [0.25, 0.3) is 0 Å². The maximum absolute atomic E-state index is 10.6. The minimum Gasteiger partial charge on any atom is -0.388 e. The molecule has 3 aromatic rings. The lowest BCUT2D eigenvalue weighted by atomic mass is 10.1. The Morgan fingerprint density at radius 2 is 1.69 bits per heavy atom. The molecule has 2 N–H and O–H groups in total. The van der Waals surface area contributed by atoms with Crippen LogP contribution in [0.3, 0.4) is 0 Å². The van der Waals surface area contributed by atoms with Crippen LogP contribution in [0, 0.1) is 0 Å². The van der Waals surface area contributed by atoms with Crippen molar-refractivity contribution in [3.05, 3.63) is 40.6 Å². The van der Waals surface area contributed by atoms with Crippen molar-refractivity contribution in [2.24, 2.45) is 4.99 Å². The zero-order valence-corrected chi connectivity index (χ0v) is 18.2. The molecule has 4 rings (SSSR count). The fraction of sp³-hybridized carbons (Fsp3) is 0.300. The Bertz CT molecular complexity index is 862. The zero-order valence-electron chi connectivity index (χ0n) is 16.6. The monoisotopic (exact) mass is 431 g/mol. The number of aliphatic imine (C=N–C) groups is 1. The predicted molar refractivity (Wildman–Crippen MR) is 122 cm³/mol. The van der Waals surface area contributed by atoms with Crippen LogP contribution in [0.5, 0.6) is 0 Å². The second-order valence-corrected chi connectivity index (χ2v) is 7.58. The quantitative estimate of drug-likeness (QED) is 0.482. The van der Waals surface area contributed by atoms with E-state index in [0.717, 1.165) is 34.9 Å². The van der Waals surface area contributed by atoms with Crippen LogP contribution in [-0.4, -0.2) is 56.9 Å². The van der Waals surface area contributed by atoms with Gasteiger partial charge in [0.1, 0.15) is 22.7 Å². The Balaban J connectivity index is 0.000000278. The molecule has 1 fully saturated rings. The number of carbonyl (C=O) groups is 1. The van der Waals surface area contributed by atoms with E-state index >= 15 is 0 Å². The van der Waals surface area contributed by atoms with Crippen molar-refractivity contribution in [3.8, 4) is 22.0 Å². The molecular weight excluding hydrogens is 406 g/mol. The van der Waals surface area contributed by atoms with Gasteiger partial charge in [-0.05, 0) is 26.2 Å². The number of aromatic nitrogens is 2. The summed E-state index contributed by atoms with van der Waals surface area (Å²) in [6.07, 6.45) is 2.11. The van der Waals surface area contributed by atoms with Gasteiger partial charge in [0.15, 0.2) is 0 Å². The Morgan fingerprint density at radius 1 is 1.07 bits per heavy atom. The molecule has 154 valence electrons. The lowest BCUT2D eigenvalue weighted by Gasteiger charge is -2.11. The molecule has 0 atom stereocenters. The topological polar surface area (TPSA) is 88.5 Å². The van der Waals surface area contributed by atoms with Crippen LogP contribution >= 0.6 is 22.7 Å². The first-order valence-corrected chi connectivity index (χ1v) is 10.7. The Morgan fingerprint density at radius 3 is 2.17 bits per heavy atom. The lowest BCUT2D eigenvalue weighted by molar-refractivity contribution is 0.112. The molecule has 3 heterocycles. The number of methoxy groups -OCH3 is 1. The first kappa shape index (κ1) is 23.0. The summed E-state index contributed by atoms with van der Waals surface area (Å²) in [5.74, 6) is 0. The van der Waals surface area contributed by atoms with Crippen LogP contribution in [0.2, 0.25) is 0 Å². The van der Waals surface area contributed by atoms with E-state index in [9.17, 15) is 4.79 Å². The highest BCUT2D eigenvalue weighted by Gasteiger charge is 2.09. The largest absolute Gasteiger partial charge is 0.388 e. The summed E-state index contributed by atoms with van der Waals surface area (Å²) < 4.78 is 4.25. The van der Waals surface area contributed by atoms with Gasteiger partial charge < -0.3 is 15.4 Å². The van der Waals surface area contributed by atoms with E-state index < -0.39 is 0 Å². The van der Waals surface area contributed by atoms with Gasteiger partial charge in [0, 0.05) is 42.8 Å². The summed E-state index contributed by atoms with van der Waals surface area (Å²) in [7, 11) is 3.25. The normalized spacial score (nSPS) is 12.8. The molecule has 1 aromatic carbocycles. The molecule has 2 aromatic heterocycles. The maximum Gasteiger partial charge on any atom is 0.209 e. The number of carbonyl (C=O) groups excluding carboxylic acids is 1. The second kappa shape index (κ2) is 13.0. The zero-order chi connectivity index (χ0) is 20.9. The fourth-order valence-electron chi connectivity index (χ4n) is 2.29. The maximum atomic E-state index is 10.6. The van der Waals surface area contributed by atoms with E-state index in [-0.39, 0.29) is 0 Å². The minimum absolute atomic E-state index is 0.643. The number of nitrogens with one attached hydrogen (secondary N) is 2. The molecule has 0 amide bonds. The predicted octanol–water partition coefficient (Wildman–Crippen LogP) is 3.87. The van der Waals surface area contributed by atoms with Crippen molar-refractivity contribution < 1.29 is 9.53 Å². The highest BCUT2D eigenvalue weighted by atomic mass is 32.1. The Labute approximate surface area is 178 Å². The van der Waals surface area contributed by atoms with Crippen molar-refractivity contribution in [1.82, 2.24) is 20.6 Å². The van der Waals surface area contributed by atoms with Crippen LogP contribution in [0.25, 0.3) is 22.0 Å². The number of aldehydes is 1. The number of rotatable bonds is 4. The highest BCUT2D eigenvalue weighted by Crippen LogP contribution is 2.31. The van der Waals surface area contributed by atoms with Crippen LogP contribution in [0.1, 0.15) is 16.8 Å². The number of benzene rings is 1. The van der Waals surface area contributed by atoms with E-state index in [1.165, 1.54) is 30.8 Å². The van der Waals surface area contributed by atoms with Crippen molar-refractivity contribution in [2.45, 2.75) is 6.42 Å². The van der Waals surface area contributed by atoms with E-state index in [4.69, 9.17) is 0 Å². The van der Waals surface area contributed by atoms with Gasteiger partial charge >= 0.3 is 0 Å². The first-order chi connectivity index (χ1) is 14.2. The third-order valence-corrected chi connectivity index (χ3v) is 5.31. The third kappa shape index (κ3) is 7.56. The third-order valence-electron chi connectivity index (χ3n) is 3.64. The van der Waals surface area contributed by atoms with Gasteiger partial charge in [-0.3, -0.25) is 4.79 Å². The van der Waals surface area contributed by atoms with E-state index in [0.29, 0.717) is 10.7 Å². The Hall–Kier alpha value is -2.30. The van der Waals surface area contributed by atoms with Gasteiger partial charge in [0.2, 0.25) is 5.13 Å². The second-order valence-electron chi connectivity index (χ2n) is 5.89. The smallest absolute Gasteiger partial charge is 0.209 e. The molecule has 7 nitrogen and oxygen atoms in total. The van der Waals surface area contributed by atoms with E-state index in [1.807, 2.05) is 22.9 Å². The molecule has 0 spiro atoms. The van der Waals surface area contributed by atoms with Gasteiger partial charge in [-0.2, -0.15) is 0 Å². The molecule has 29 heavy (non-hydrogen) atoms. The number of thiazole rings is 2. The molecule has 9 heteroatoms. The van der Waals surface area contributed by atoms with Crippen molar-refractivity contribution in [2.75, 3.05) is 34.0 Å². The molecule has 0 saturated carbocycles. The van der Waals surface area contributed by atoms with Gasteiger partial charge in [-0.25, -0.2) is 15.0 Å². The average molecular weight is 432 g/mol. The Kier molecular flexibility index (Phi) is 10.3. The highest BCUT2D eigenvalue weighted by molar-refractivity contribution is 7.14. The first-order valence-electron chi connectivity index (χ1n) is 8.97. The molecule has 0 aliphatic carbocycles. The van der Waals surface area contributed by atoms with Crippen molar-refractivity contribution in [1.29, 1.82) is 0 Å². The summed E-state index contributed by atoms with van der Waals surface area (Å²) in [6, 6.07) is 7.35. The van der Waals surface area contributed by atoms with Crippen LogP contribution < -0.4 is 10.6 Å². The number of hydrogen-bond donors (Lipinski definition) is 2. The SMILES string of the molecule is C1CNCNC1.C=Nc1nc(-c2csc(-c3ccc(C=O)cc3)n2)cs1.COC. The van der Waals surface area contributed by atoms with Crippen molar-refractivity contribution in [3.63, 3.8) is 0 Å². The molecule has 0 unspecified atom stereocenters. The summed E-state index contributed by atoms with van der Waals surface area (Å²) >= 11 is 2.99. The average Bonchev–Trinajstić information content (AvgIpc) is 3.46. The van der Waals surface area contributed by atoms with Gasteiger partial charge in [-0.15, -0.1) is 22.7 Å². The molecular formula is C20H25N5O2S2. The molecule has 1 aliphatic rings. The van der Waals surface area contributed by atoms with Crippen LogP contribution in [0.4, 0.5) is 5.13 Å². The van der Waals surface area contributed by atoms with Crippen molar-refractivity contribution >= 4 is 40.8 Å². The summed E-state index contributed by atoms with van der Waals surface area (Å²) in [4.78, 5) is 23.3. The molecule has 0 radical (unpaired) electrons. The number of nitrogens with zero attached hydrogens (tertiary/aromatic N) is 3. The lowest BCUT2D eigenvalue weighted by Crippen LogP contribution is -2.37. The minimum atomic E-state index is 0.643. The van der Waals surface area contributed by atoms with E-state index in [2.05, 4.69) is 37.0 Å². The molecule has 0 bridgehead atoms.